The van der Waals surface area contributed by atoms with E-state index in [-0.39, 0.29) is 18.3 Å². The summed E-state index contributed by atoms with van der Waals surface area (Å²) >= 11 is 0. The predicted octanol–water partition coefficient (Wildman–Crippen LogP) is 5.18. The molecule has 2 aliphatic rings. The summed E-state index contributed by atoms with van der Waals surface area (Å²) in [5.41, 5.74) is 2.49. The number of ether oxygens (including phenoxy) is 3. The summed E-state index contributed by atoms with van der Waals surface area (Å²) in [5.74, 6) is -0.609. The smallest absolute Gasteiger partial charge is 0.256 e. The van der Waals surface area contributed by atoms with Crippen molar-refractivity contribution in [2.45, 2.75) is 109 Å². The third kappa shape index (κ3) is 5.40. The molecule has 2 fully saturated rings. The Kier molecular flexibility index (Phi) is 8.58. The van der Waals surface area contributed by atoms with Crippen molar-refractivity contribution >= 4 is 31.2 Å². The van der Waals surface area contributed by atoms with E-state index in [1.165, 1.54) is 6.33 Å². The maximum Gasteiger partial charge on any atom is 0.256 e. The van der Waals surface area contributed by atoms with Crippen molar-refractivity contribution in [3.63, 3.8) is 0 Å². The highest BCUT2D eigenvalue weighted by Gasteiger charge is 2.57. The fourth-order valence-corrected chi connectivity index (χ4v) is 12.4. The Balaban J connectivity index is 1.49. The third-order valence-electron chi connectivity index (χ3n) is 8.54. The summed E-state index contributed by atoms with van der Waals surface area (Å²) in [6.07, 6.45) is -0.640. The maximum absolute atomic E-state index is 12.9. The molecule has 5 rings (SSSR count). The summed E-state index contributed by atoms with van der Waals surface area (Å²) in [6, 6.07) is 8.86. The van der Waals surface area contributed by atoms with Crippen LogP contribution in [0, 0.1) is 0 Å². The normalized spacial score (nSPS) is 23.8. The van der Waals surface area contributed by atoms with Gasteiger partial charge in [0.05, 0.1) is 6.61 Å². The van der Waals surface area contributed by atoms with Crippen LogP contribution in [0.15, 0.2) is 36.7 Å². The molecule has 11 nitrogen and oxygen atoms in total. The van der Waals surface area contributed by atoms with Crippen LogP contribution in [-0.4, -0.2) is 69.6 Å². The number of amides is 1. The largest absolute Gasteiger partial charge is 0.413 e. The van der Waals surface area contributed by atoms with E-state index in [9.17, 15) is 9.90 Å². The van der Waals surface area contributed by atoms with E-state index in [2.05, 4.69) is 61.8 Å². The number of nitrogens with zero attached hydrogens (tertiary/aromatic N) is 4. The number of nitrogens with one attached hydrogen (secondary N) is 1. The number of imidazole rings is 1. The van der Waals surface area contributed by atoms with Crippen LogP contribution >= 0.6 is 0 Å². The Morgan fingerprint density at radius 2 is 1.69 bits per heavy atom. The average Bonchev–Trinajstić information content (AvgIpc) is 3.57. The molecule has 12 heteroatoms. The molecule has 0 aliphatic carbocycles. The molecule has 1 amide bonds. The highest BCUT2D eigenvalue weighted by atomic mass is 28.4. The Bertz CT molecular complexity index is 1390. The molecule has 2 N–H and O–H groups in total. The average molecular weight is 598 g/mol. The second-order valence-electron chi connectivity index (χ2n) is 12.5. The van der Waals surface area contributed by atoms with Gasteiger partial charge < -0.3 is 29.1 Å². The molecule has 1 aromatic carbocycles. The van der Waals surface area contributed by atoms with Crippen molar-refractivity contribution in [2.24, 2.45) is 0 Å². The van der Waals surface area contributed by atoms with Gasteiger partial charge in [0.25, 0.3) is 5.91 Å². The first-order chi connectivity index (χ1) is 19.9. The van der Waals surface area contributed by atoms with Gasteiger partial charge in [0.15, 0.2) is 37.3 Å². The summed E-state index contributed by atoms with van der Waals surface area (Å²) < 4.78 is 28.1. The van der Waals surface area contributed by atoms with E-state index in [1.54, 1.807) is 28.8 Å². The minimum absolute atomic E-state index is 0.238. The first-order valence-electron chi connectivity index (χ1n) is 14.7. The summed E-state index contributed by atoms with van der Waals surface area (Å²) in [7, 11) is -2.17. The van der Waals surface area contributed by atoms with Gasteiger partial charge in [0, 0.05) is 5.56 Å². The Morgan fingerprint density at radius 3 is 2.31 bits per heavy atom. The standard InChI is InChI=1S/C30H43N5O6Si/c1-17(2)42(18(3)4,19(5)6)38-15-21-24-25(41-30(7,8)40-24)29(39-21)35-22(14-36)33-23-26(31-16-32-27(23)35)34-28(37)20-12-10-9-11-13-20/h9-13,16-19,21,24-25,29,36H,14-15H2,1-8H3,(H,31,32,34,37)/t21-,24-,25-,29-/m1/s1. The Morgan fingerprint density at radius 1 is 1.05 bits per heavy atom. The van der Waals surface area contributed by atoms with Crippen molar-refractivity contribution in [2.75, 3.05) is 11.9 Å². The minimum Gasteiger partial charge on any atom is -0.413 e. The molecule has 2 saturated heterocycles. The first-order valence-corrected chi connectivity index (χ1v) is 16.9. The van der Waals surface area contributed by atoms with Crippen LogP contribution in [0.2, 0.25) is 16.6 Å². The maximum atomic E-state index is 12.9. The zero-order valence-electron chi connectivity index (χ0n) is 25.7. The molecule has 42 heavy (non-hydrogen) atoms. The van der Waals surface area contributed by atoms with Gasteiger partial charge in [-0.2, -0.15) is 0 Å². The zero-order valence-corrected chi connectivity index (χ0v) is 26.7. The number of benzene rings is 1. The van der Waals surface area contributed by atoms with Gasteiger partial charge in [-0.05, 0) is 42.6 Å². The van der Waals surface area contributed by atoms with Gasteiger partial charge in [-0.25, -0.2) is 15.0 Å². The van der Waals surface area contributed by atoms with Crippen molar-refractivity contribution in [3.8, 4) is 0 Å². The second kappa shape index (κ2) is 11.7. The number of hydrogen-bond acceptors (Lipinski definition) is 9. The monoisotopic (exact) mass is 597 g/mol. The highest BCUT2D eigenvalue weighted by molar-refractivity contribution is 6.77. The van der Waals surface area contributed by atoms with Gasteiger partial charge in [-0.15, -0.1) is 0 Å². The van der Waals surface area contributed by atoms with Crippen molar-refractivity contribution in [1.29, 1.82) is 0 Å². The second-order valence-corrected chi connectivity index (χ2v) is 18.0. The van der Waals surface area contributed by atoms with Crippen molar-refractivity contribution in [1.82, 2.24) is 19.5 Å². The van der Waals surface area contributed by atoms with E-state index >= 15 is 0 Å². The number of aliphatic hydroxyl groups excluding tert-OH is 1. The molecule has 4 atom stereocenters. The Labute approximate surface area is 248 Å². The number of aliphatic hydroxyl groups is 1. The summed E-state index contributed by atoms with van der Waals surface area (Å²) in [6.45, 7) is 17.3. The van der Waals surface area contributed by atoms with Crippen LogP contribution in [0.1, 0.15) is 77.8 Å². The van der Waals surface area contributed by atoms with Crippen LogP contribution < -0.4 is 5.32 Å². The molecule has 2 aromatic heterocycles. The van der Waals surface area contributed by atoms with Crippen LogP contribution in [0.5, 0.6) is 0 Å². The van der Waals surface area contributed by atoms with Crippen LogP contribution in [-0.2, 0) is 25.2 Å². The number of rotatable bonds is 10. The molecular formula is C30H43N5O6Si. The Hall–Kier alpha value is -2.74. The lowest BCUT2D eigenvalue weighted by Crippen LogP contribution is -2.50. The van der Waals surface area contributed by atoms with E-state index in [0.717, 1.165) is 0 Å². The fraction of sp³-hybridized carbons (Fsp3) is 0.600. The van der Waals surface area contributed by atoms with Gasteiger partial charge in [0.1, 0.15) is 37.1 Å². The van der Waals surface area contributed by atoms with Crippen LogP contribution in [0.25, 0.3) is 11.2 Å². The topological polar surface area (TPSA) is 130 Å². The molecule has 0 unspecified atom stereocenters. The molecule has 4 heterocycles. The molecule has 0 bridgehead atoms. The molecule has 2 aliphatic heterocycles. The number of carbonyl (C=O) groups excluding carboxylic acids is 1. The molecule has 0 spiro atoms. The minimum atomic E-state index is -2.17. The number of anilines is 1. The third-order valence-corrected chi connectivity index (χ3v) is 14.6. The van der Waals surface area contributed by atoms with Gasteiger partial charge in [-0.3, -0.25) is 9.36 Å². The lowest BCUT2D eigenvalue weighted by Gasteiger charge is -2.43. The van der Waals surface area contributed by atoms with Crippen molar-refractivity contribution in [3.05, 3.63) is 48.0 Å². The van der Waals surface area contributed by atoms with E-state index in [1.807, 2.05) is 19.9 Å². The first kappa shape index (κ1) is 30.7. The van der Waals surface area contributed by atoms with Crippen LogP contribution in [0.3, 0.4) is 0 Å². The number of carbonyl (C=O) groups is 1. The van der Waals surface area contributed by atoms with Gasteiger partial charge >= 0.3 is 0 Å². The molecule has 0 radical (unpaired) electrons. The van der Waals surface area contributed by atoms with E-state index < -0.39 is 38.6 Å². The van der Waals surface area contributed by atoms with Gasteiger partial charge in [-0.1, -0.05) is 59.7 Å². The number of aromatic nitrogens is 4. The lowest BCUT2D eigenvalue weighted by molar-refractivity contribution is -0.199. The molecular weight excluding hydrogens is 554 g/mol. The summed E-state index contributed by atoms with van der Waals surface area (Å²) in [5, 5.41) is 13.2. The van der Waals surface area contributed by atoms with Gasteiger partial charge in [0.2, 0.25) is 0 Å². The van der Waals surface area contributed by atoms with E-state index in [4.69, 9.17) is 18.6 Å². The SMILES string of the molecule is CC(C)[Si](OC[C@H]1O[C@@H](n2c(CO)nc3c(NC(=O)c4ccccc4)ncnc32)[C@@H]2OC(C)(C)O[C@@H]21)(C(C)C)C(C)C. The molecule has 0 saturated carbocycles. The highest BCUT2D eigenvalue weighted by Crippen LogP contribution is 2.47. The number of hydrogen-bond donors (Lipinski definition) is 2. The molecule has 228 valence electrons. The lowest BCUT2D eigenvalue weighted by atomic mass is 10.1. The molecule has 3 aromatic rings. The predicted molar refractivity (Wildman–Crippen MR) is 160 cm³/mol. The quantitative estimate of drug-likeness (QED) is 0.304. The fourth-order valence-electron chi connectivity index (χ4n) is 6.92. The zero-order chi connectivity index (χ0) is 30.4. The van der Waals surface area contributed by atoms with E-state index in [0.29, 0.717) is 45.8 Å². The summed E-state index contributed by atoms with van der Waals surface area (Å²) in [4.78, 5) is 26.3. The number of fused-ring (bicyclic) bond motifs is 2. The van der Waals surface area contributed by atoms with Crippen molar-refractivity contribution < 1.29 is 28.5 Å². The van der Waals surface area contributed by atoms with Crippen LogP contribution in [0.4, 0.5) is 5.82 Å².